The zero-order valence-electron chi connectivity index (χ0n) is 11.8. The summed E-state index contributed by atoms with van der Waals surface area (Å²) >= 11 is 1.27. The number of aryl methyl sites for hydroxylation is 1. The maximum Gasteiger partial charge on any atom is 0.209 e. The van der Waals surface area contributed by atoms with Crippen molar-refractivity contribution in [3.05, 3.63) is 40.0 Å². The van der Waals surface area contributed by atoms with Gasteiger partial charge in [0.2, 0.25) is 5.78 Å². The van der Waals surface area contributed by atoms with Crippen molar-refractivity contribution in [2.24, 2.45) is 0 Å². The van der Waals surface area contributed by atoms with E-state index >= 15 is 0 Å². The van der Waals surface area contributed by atoms with Crippen LogP contribution in [0.2, 0.25) is 0 Å². The lowest BCUT2D eigenvalue weighted by molar-refractivity contribution is -0.124. The van der Waals surface area contributed by atoms with Gasteiger partial charge in [-0.3, -0.25) is 4.79 Å². The number of thiophene rings is 1. The average Bonchev–Trinajstić information content (AvgIpc) is 2.70. The maximum absolute atomic E-state index is 13.7. The molecule has 0 unspecified atom stereocenters. The molecule has 0 aliphatic heterocycles. The zero-order chi connectivity index (χ0) is 15.8. The number of Topliss-reactive ketones (excluding diaryl/α,β-unsaturated/α-hetero) is 1. The second-order valence-electron chi connectivity index (χ2n) is 5.20. The predicted octanol–water partition coefficient (Wildman–Crippen LogP) is 4.57. The van der Waals surface area contributed by atoms with Crippen LogP contribution in [-0.2, 0) is 4.79 Å². The van der Waals surface area contributed by atoms with Crippen LogP contribution in [0.15, 0.2) is 23.8 Å². The van der Waals surface area contributed by atoms with Crippen LogP contribution in [0.1, 0.15) is 24.3 Å². The van der Waals surface area contributed by atoms with E-state index in [1.54, 1.807) is 12.1 Å². The summed E-state index contributed by atoms with van der Waals surface area (Å²) in [6.07, 6.45) is 1.38. The lowest BCUT2D eigenvalue weighted by atomic mass is 9.98. The number of nitrogens with zero attached hydrogens (tertiary/aromatic N) is 1. The number of halogens is 2. The number of carbonyl (C=O) groups excluding carboxylic acids is 1. The fraction of sp³-hybridized carbons (Fsp3) is 0.250. The molecule has 0 spiro atoms. The van der Waals surface area contributed by atoms with Crippen molar-refractivity contribution < 1.29 is 13.6 Å². The smallest absolute Gasteiger partial charge is 0.209 e. The van der Waals surface area contributed by atoms with E-state index in [-0.39, 0.29) is 11.4 Å². The van der Waals surface area contributed by atoms with E-state index in [2.05, 4.69) is 0 Å². The Hall–Kier alpha value is -2.06. The van der Waals surface area contributed by atoms with Crippen molar-refractivity contribution in [2.45, 2.75) is 26.4 Å². The lowest BCUT2D eigenvalue weighted by Crippen LogP contribution is -2.27. The molecule has 0 radical (unpaired) electrons. The summed E-state index contributed by atoms with van der Waals surface area (Å²) in [5.41, 5.74) is -1.50. The highest BCUT2D eigenvalue weighted by Crippen LogP contribution is 2.33. The monoisotopic (exact) mass is 305 g/mol. The quantitative estimate of drug-likeness (QED) is 0.615. The molecule has 2 rings (SSSR count). The van der Waals surface area contributed by atoms with Crippen LogP contribution in [0.3, 0.4) is 0 Å². The Labute approximate surface area is 125 Å². The normalized spacial score (nSPS) is 12.5. The summed E-state index contributed by atoms with van der Waals surface area (Å²) in [6.45, 7) is 4.06. The topological polar surface area (TPSA) is 40.9 Å². The van der Waals surface area contributed by atoms with Crippen molar-refractivity contribution in [3.63, 3.8) is 0 Å². The SMILES string of the molecule is Cc1c(/C=C(\C#N)C(=O)C(C)(C)F)sc2cc(F)ccc12. The number of ketones is 1. The van der Waals surface area contributed by atoms with E-state index in [0.29, 0.717) is 4.88 Å². The summed E-state index contributed by atoms with van der Waals surface area (Å²) in [5, 5.41) is 9.93. The third-order valence-electron chi connectivity index (χ3n) is 3.12. The molecule has 21 heavy (non-hydrogen) atoms. The van der Waals surface area contributed by atoms with E-state index < -0.39 is 11.5 Å². The standard InChI is InChI=1S/C16H13F2NOS/c1-9-12-5-4-11(17)7-14(12)21-13(9)6-10(8-19)15(20)16(2,3)18/h4-7H,1-3H3/b10-6+. The van der Waals surface area contributed by atoms with Gasteiger partial charge in [0, 0.05) is 9.58 Å². The fourth-order valence-corrected chi connectivity index (χ4v) is 3.14. The Bertz CT molecular complexity index is 791. The van der Waals surface area contributed by atoms with Crippen molar-refractivity contribution >= 4 is 33.3 Å². The van der Waals surface area contributed by atoms with Gasteiger partial charge in [-0.15, -0.1) is 11.3 Å². The summed E-state index contributed by atoms with van der Waals surface area (Å²) in [6, 6.07) is 6.16. The molecular weight excluding hydrogens is 292 g/mol. The molecule has 1 aromatic heterocycles. The first-order valence-corrected chi connectivity index (χ1v) is 7.10. The van der Waals surface area contributed by atoms with Crippen LogP contribution >= 0.6 is 11.3 Å². The molecule has 1 heterocycles. The number of rotatable bonds is 3. The van der Waals surface area contributed by atoms with Gasteiger partial charge in [0.05, 0.1) is 5.57 Å². The highest BCUT2D eigenvalue weighted by atomic mass is 32.1. The first kappa shape index (κ1) is 15.3. The second kappa shape index (κ2) is 5.38. The summed E-state index contributed by atoms with van der Waals surface area (Å²) in [5.74, 6) is -1.20. The fourth-order valence-electron chi connectivity index (χ4n) is 1.96. The van der Waals surface area contributed by atoms with Gasteiger partial charge in [0.25, 0.3) is 0 Å². The molecule has 0 saturated carbocycles. The van der Waals surface area contributed by atoms with Crippen LogP contribution in [0, 0.1) is 24.1 Å². The second-order valence-corrected chi connectivity index (χ2v) is 6.29. The van der Waals surface area contributed by atoms with Gasteiger partial charge in [-0.1, -0.05) is 6.07 Å². The van der Waals surface area contributed by atoms with Gasteiger partial charge in [-0.05, 0) is 49.9 Å². The van der Waals surface area contributed by atoms with Crippen molar-refractivity contribution in [3.8, 4) is 6.07 Å². The number of hydrogen-bond donors (Lipinski definition) is 0. The zero-order valence-corrected chi connectivity index (χ0v) is 12.6. The number of alkyl halides is 1. The van der Waals surface area contributed by atoms with E-state index in [1.807, 2.05) is 6.92 Å². The first-order chi connectivity index (χ1) is 9.74. The van der Waals surface area contributed by atoms with E-state index in [4.69, 9.17) is 5.26 Å². The molecule has 0 amide bonds. The molecule has 5 heteroatoms. The lowest BCUT2D eigenvalue weighted by Gasteiger charge is -2.10. The minimum atomic E-state index is -2.10. The molecule has 0 aliphatic rings. The molecule has 0 aliphatic carbocycles. The van der Waals surface area contributed by atoms with Crippen molar-refractivity contribution in [2.75, 3.05) is 0 Å². The van der Waals surface area contributed by atoms with Crippen LogP contribution in [-0.4, -0.2) is 11.5 Å². The molecule has 0 bridgehead atoms. The Morgan fingerprint density at radius 1 is 1.43 bits per heavy atom. The molecular formula is C16H13F2NOS. The third-order valence-corrected chi connectivity index (χ3v) is 4.32. The first-order valence-electron chi connectivity index (χ1n) is 6.28. The van der Waals surface area contributed by atoms with Gasteiger partial charge in [0.15, 0.2) is 5.67 Å². The Kier molecular flexibility index (Phi) is 3.93. The van der Waals surface area contributed by atoms with Crippen LogP contribution in [0.25, 0.3) is 16.2 Å². The van der Waals surface area contributed by atoms with Crippen LogP contribution in [0.4, 0.5) is 8.78 Å². The van der Waals surface area contributed by atoms with Gasteiger partial charge in [-0.25, -0.2) is 8.78 Å². The number of nitriles is 1. The highest BCUT2D eigenvalue weighted by molar-refractivity contribution is 7.20. The van der Waals surface area contributed by atoms with E-state index in [9.17, 15) is 13.6 Å². The van der Waals surface area contributed by atoms with Crippen molar-refractivity contribution in [1.82, 2.24) is 0 Å². The molecule has 0 fully saturated rings. The molecule has 1 aromatic carbocycles. The number of fused-ring (bicyclic) bond motifs is 1. The molecule has 0 atom stereocenters. The molecule has 0 saturated heterocycles. The van der Waals surface area contributed by atoms with Gasteiger partial charge >= 0.3 is 0 Å². The minimum Gasteiger partial charge on any atom is -0.290 e. The Morgan fingerprint density at radius 2 is 2.10 bits per heavy atom. The highest BCUT2D eigenvalue weighted by Gasteiger charge is 2.30. The molecule has 0 N–H and O–H groups in total. The van der Waals surface area contributed by atoms with Gasteiger partial charge in [-0.2, -0.15) is 5.26 Å². The summed E-state index contributed by atoms with van der Waals surface area (Å²) in [4.78, 5) is 12.5. The third kappa shape index (κ3) is 3.01. The largest absolute Gasteiger partial charge is 0.290 e. The summed E-state index contributed by atoms with van der Waals surface area (Å²) in [7, 11) is 0. The van der Waals surface area contributed by atoms with Crippen molar-refractivity contribution in [1.29, 1.82) is 5.26 Å². The minimum absolute atomic E-state index is 0.238. The molecule has 2 aromatic rings. The average molecular weight is 305 g/mol. The number of carbonyl (C=O) groups is 1. The van der Waals surface area contributed by atoms with Gasteiger partial charge < -0.3 is 0 Å². The van der Waals surface area contributed by atoms with E-state index in [1.165, 1.54) is 29.5 Å². The number of benzene rings is 1. The molecule has 108 valence electrons. The summed E-state index contributed by atoms with van der Waals surface area (Å²) < 4.78 is 27.6. The molecule has 2 nitrogen and oxygen atoms in total. The number of hydrogen-bond acceptors (Lipinski definition) is 3. The Morgan fingerprint density at radius 3 is 2.67 bits per heavy atom. The maximum atomic E-state index is 13.7. The Balaban J connectivity index is 2.56. The number of allylic oxidation sites excluding steroid dienone is 1. The van der Waals surface area contributed by atoms with Gasteiger partial charge in [0.1, 0.15) is 11.9 Å². The van der Waals surface area contributed by atoms with E-state index in [0.717, 1.165) is 29.5 Å². The predicted molar refractivity (Wildman–Crippen MR) is 80.3 cm³/mol. The van der Waals surface area contributed by atoms with Crippen LogP contribution in [0.5, 0.6) is 0 Å². The van der Waals surface area contributed by atoms with Crippen LogP contribution < -0.4 is 0 Å².